The zero-order chi connectivity index (χ0) is 21.6. The summed E-state index contributed by atoms with van der Waals surface area (Å²) >= 11 is 0. The van der Waals surface area contributed by atoms with Gasteiger partial charge in [0, 0.05) is 58.3 Å². The molecule has 0 saturated carbocycles. The molecule has 1 aromatic carbocycles. The van der Waals surface area contributed by atoms with Gasteiger partial charge in [0.2, 0.25) is 5.91 Å². The molecule has 1 atom stereocenters. The first-order valence-corrected chi connectivity index (χ1v) is 11.3. The Morgan fingerprint density at radius 2 is 1.84 bits per heavy atom. The average molecular weight is 425 g/mol. The van der Waals surface area contributed by atoms with E-state index < -0.39 is 0 Å². The van der Waals surface area contributed by atoms with Crippen molar-refractivity contribution in [3.05, 3.63) is 53.4 Å². The Bertz CT molecular complexity index is 874. The molecule has 0 unspecified atom stereocenters. The third-order valence-corrected chi connectivity index (χ3v) is 6.39. The largest absolute Gasteiger partial charge is 0.361 e. The molecular formula is C24H32N4O3. The van der Waals surface area contributed by atoms with E-state index in [1.807, 2.05) is 15.9 Å². The van der Waals surface area contributed by atoms with Crippen LogP contribution in [0.3, 0.4) is 0 Å². The van der Waals surface area contributed by atoms with Crippen molar-refractivity contribution in [1.82, 2.24) is 19.9 Å². The number of nitrogens with zero attached hydrogens (tertiary/aromatic N) is 4. The van der Waals surface area contributed by atoms with Gasteiger partial charge in [-0.05, 0) is 37.7 Å². The molecule has 2 amide bonds. The van der Waals surface area contributed by atoms with Crippen molar-refractivity contribution in [1.29, 1.82) is 0 Å². The number of amides is 2. The molecule has 7 heteroatoms. The Morgan fingerprint density at radius 3 is 2.55 bits per heavy atom. The van der Waals surface area contributed by atoms with Crippen LogP contribution in [-0.4, -0.2) is 70.9 Å². The summed E-state index contributed by atoms with van der Waals surface area (Å²) in [5.41, 5.74) is 1.70. The van der Waals surface area contributed by atoms with Crippen molar-refractivity contribution in [2.24, 2.45) is 5.92 Å². The monoisotopic (exact) mass is 424 g/mol. The second-order valence-corrected chi connectivity index (χ2v) is 8.76. The van der Waals surface area contributed by atoms with Crippen molar-refractivity contribution >= 4 is 11.8 Å². The highest BCUT2D eigenvalue weighted by atomic mass is 16.5. The van der Waals surface area contributed by atoms with E-state index >= 15 is 0 Å². The lowest BCUT2D eigenvalue weighted by molar-refractivity contribution is -0.133. The van der Waals surface area contributed by atoms with Crippen LogP contribution in [0.5, 0.6) is 0 Å². The molecule has 7 nitrogen and oxygen atoms in total. The number of aromatic nitrogens is 1. The maximum absolute atomic E-state index is 12.7. The van der Waals surface area contributed by atoms with Crippen LogP contribution in [0.2, 0.25) is 0 Å². The van der Waals surface area contributed by atoms with Crippen LogP contribution in [0, 0.1) is 12.8 Å². The second-order valence-electron chi connectivity index (χ2n) is 8.76. The Kier molecular flexibility index (Phi) is 7.02. The van der Waals surface area contributed by atoms with Crippen LogP contribution in [0.15, 0.2) is 40.9 Å². The number of carbonyl (C=O) groups excluding carboxylic acids is 2. The Morgan fingerprint density at radius 1 is 1.06 bits per heavy atom. The quantitative estimate of drug-likeness (QED) is 0.713. The van der Waals surface area contributed by atoms with Crippen LogP contribution in [0.25, 0.3) is 0 Å². The smallest absolute Gasteiger partial charge is 0.276 e. The van der Waals surface area contributed by atoms with Gasteiger partial charge in [0.15, 0.2) is 5.69 Å². The van der Waals surface area contributed by atoms with Crippen molar-refractivity contribution in [2.45, 2.75) is 39.2 Å². The summed E-state index contributed by atoms with van der Waals surface area (Å²) in [7, 11) is 0. The molecule has 3 heterocycles. The van der Waals surface area contributed by atoms with Gasteiger partial charge in [-0.25, -0.2) is 0 Å². The highest BCUT2D eigenvalue weighted by molar-refractivity contribution is 5.92. The summed E-state index contributed by atoms with van der Waals surface area (Å²) in [5.74, 6) is 1.19. The number of hydrogen-bond donors (Lipinski definition) is 0. The summed E-state index contributed by atoms with van der Waals surface area (Å²) in [5, 5.41) is 3.85. The molecule has 0 N–H and O–H groups in total. The van der Waals surface area contributed by atoms with E-state index in [1.165, 1.54) is 5.56 Å². The second kappa shape index (κ2) is 10.1. The van der Waals surface area contributed by atoms with Crippen LogP contribution in [0.1, 0.15) is 47.5 Å². The standard InChI is InChI=1S/C24H32N4O3/c1-19-16-22(25-31-19)24(30)28-11-5-8-21(18-28)9-10-23(29)27-14-12-26(13-15-27)17-20-6-3-2-4-7-20/h2-4,6-7,16,21H,5,8-15,17-18H2,1H3/t21-/m1/s1. The topological polar surface area (TPSA) is 69.9 Å². The molecule has 2 fully saturated rings. The lowest BCUT2D eigenvalue weighted by atomic mass is 9.93. The molecule has 4 rings (SSSR count). The zero-order valence-corrected chi connectivity index (χ0v) is 18.3. The third-order valence-electron chi connectivity index (χ3n) is 6.39. The van der Waals surface area contributed by atoms with Crippen LogP contribution in [-0.2, 0) is 11.3 Å². The molecule has 0 spiro atoms. The Balaban J connectivity index is 1.19. The van der Waals surface area contributed by atoms with Gasteiger partial charge >= 0.3 is 0 Å². The number of piperidine rings is 1. The van der Waals surface area contributed by atoms with E-state index in [9.17, 15) is 9.59 Å². The molecule has 1 aromatic heterocycles. The first kappa shape index (κ1) is 21.6. The Hall–Kier alpha value is -2.67. The van der Waals surface area contributed by atoms with Gasteiger partial charge in [0.1, 0.15) is 5.76 Å². The van der Waals surface area contributed by atoms with E-state index in [1.54, 1.807) is 13.0 Å². The normalized spacial score (nSPS) is 20.1. The number of hydrogen-bond acceptors (Lipinski definition) is 5. The van der Waals surface area contributed by atoms with Crippen molar-refractivity contribution in [3.63, 3.8) is 0 Å². The fourth-order valence-corrected chi connectivity index (χ4v) is 4.60. The molecule has 0 aliphatic carbocycles. The SMILES string of the molecule is Cc1cc(C(=O)N2CCC[C@H](CCC(=O)N3CCN(Cc4ccccc4)CC3)C2)no1. The molecule has 31 heavy (non-hydrogen) atoms. The molecule has 2 aliphatic rings. The number of carbonyl (C=O) groups is 2. The molecule has 2 saturated heterocycles. The van der Waals surface area contributed by atoms with Gasteiger partial charge in [-0.3, -0.25) is 14.5 Å². The lowest BCUT2D eigenvalue weighted by Gasteiger charge is -2.36. The highest BCUT2D eigenvalue weighted by Gasteiger charge is 2.27. The summed E-state index contributed by atoms with van der Waals surface area (Å²) in [4.78, 5) is 31.7. The maximum Gasteiger partial charge on any atom is 0.276 e. The fourth-order valence-electron chi connectivity index (χ4n) is 4.60. The van der Waals surface area contributed by atoms with Gasteiger partial charge in [0.05, 0.1) is 0 Å². The first-order valence-electron chi connectivity index (χ1n) is 11.3. The minimum absolute atomic E-state index is 0.0672. The minimum atomic E-state index is -0.0672. The minimum Gasteiger partial charge on any atom is -0.361 e. The van der Waals surface area contributed by atoms with Crippen molar-refractivity contribution in [2.75, 3.05) is 39.3 Å². The van der Waals surface area contributed by atoms with Crippen molar-refractivity contribution < 1.29 is 14.1 Å². The van der Waals surface area contributed by atoms with Gasteiger partial charge in [-0.15, -0.1) is 0 Å². The van der Waals surface area contributed by atoms with Crippen molar-refractivity contribution in [3.8, 4) is 0 Å². The average Bonchev–Trinajstić information content (AvgIpc) is 3.24. The summed E-state index contributed by atoms with van der Waals surface area (Å²) in [6, 6.07) is 12.2. The summed E-state index contributed by atoms with van der Waals surface area (Å²) in [6.07, 6.45) is 3.44. The van der Waals surface area contributed by atoms with E-state index in [0.29, 0.717) is 30.3 Å². The fraction of sp³-hybridized carbons (Fsp3) is 0.542. The predicted molar refractivity (Wildman–Crippen MR) is 117 cm³/mol. The van der Waals surface area contributed by atoms with Crippen LogP contribution < -0.4 is 0 Å². The van der Waals surface area contributed by atoms with Gasteiger partial charge < -0.3 is 14.3 Å². The van der Waals surface area contributed by atoms with Crippen LogP contribution in [0.4, 0.5) is 0 Å². The molecule has 166 valence electrons. The van der Waals surface area contributed by atoms with Gasteiger partial charge in [-0.1, -0.05) is 35.5 Å². The molecule has 0 radical (unpaired) electrons. The molecular weight excluding hydrogens is 392 g/mol. The van der Waals surface area contributed by atoms with Crippen LogP contribution >= 0.6 is 0 Å². The number of rotatable bonds is 6. The van der Waals surface area contributed by atoms with E-state index in [2.05, 4.69) is 34.3 Å². The van der Waals surface area contributed by atoms with Gasteiger partial charge in [-0.2, -0.15) is 0 Å². The maximum atomic E-state index is 12.7. The number of likely N-dealkylation sites (tertiary alicyclic amines) is 1. The Labute approximate surface area is 184 Å². The van der Waals surface area contributed by atoms with E-state index in [0.717, 1.165) is 58.5 Å². The molecule has 2 aliphatic heterocycles. The lowest BCUT2D eigenvalue weighted by Crippen LogP contribution is -2.48. The number of piperazine rings is 1. The number of aryl methyl sites for hydroxylation is 1. The van der Waals surface area contributed by atoms with E-state index in [4.69, 9.17) is 4.52 Å². The van der Waals surface area contributed by atoms with E-state index in [-0.39, 0.29) is 11.8 Å². The molecule has 2 aromatic rings. The number of benzene rings is 1. The summed E-state index contributed by atoms with van der Waals surface area (Å²) < 4.78 is 5.04. The predicted octanol–water partition coefficient (Wildman–Crippen LogP) is 2.96. The zero-order valence-electron chi connectivity index (χ0n) is 18.3. The molecule has 0 bridgehead atoms. The highest BCUT2D eigenvalue weighted by Crippen LogP contribution is 2.23. The van der Waals surface area contributed by atoms with Gasteiger partial charge in [0.25, 0.3) is 5.91 Å². The first-order chi connectivity index (χ1) is 15.1. The summed E-state index contributed by atoms with van der Waals surface area (Å²) in [6.45, 7) is 7.61. The third kappa shape index (κ3) is 5.73.